The molecule has 0 aromatic heterocycles. The van der Waals surface area contributed by atoms with Crippen LogP contribution in [0.5, 0.6) is 0 Å². The number of likely N-dealkylation sites (N-methyl/N-ethyl adjacent to an activating group) is 1. The highest BCUT2D eigenvalue weighted by Crippen LogP contribution is 1.90. The fourth-order valence-corrected chi connectivity index (χ4v) is 1.40. The highest BCUT2D eigenvalue weighted by atomic mass is 16.2. The van der Waals surface area contributed by atoms with Gasteiger partial charge in [-0.15, -0.1) is 0 Å². The molecular formula is C12H25N3O2. The zero-order chi connectivity index (χ0) is 13.3. The highest BCUT2D eigenvalue weighted by molar-refractivity contribution is 5.84. The molecule has 0 bridgehead atoms. The van der Waals surface area contributed by atoms with E-state index in [4.69, 9.17) is 0 Å². The average molecular weight is 243 g/mol. The van der Waals surface area contributed by atoms with Crippen LogP contribution in [0.3, 0.4) is 0 Å². The Morgan fingerprint density at radius 1 is 1.00 bits per heavy atom. The molecule has 2 atom stereocenters. The first-order chi connectivity index (χ1) is 8.02. The summed E-state index contributed by atoms with van der Waals surface area (Å²) in [5.41, 5.74) is 0. The third-order valence-electron chi connectivity index (χ3n) is 2.47. The van der Waals surface area contributed by atoms with Crippen LogP contribution in [0.1, 0.15) is 40.5 Å². The summed E-state index contributed by atoms with van der Waals surface area (Å²) in [6.07, 6.45) is 2.03. The lowest BCUT2D eigenvalue weighted by atomic mass is 10.2. The number of hydrogen-bond donors (Lipinski definition) is 3. The van der Waals surface area contributed by atoms with Gasteiger partial charge in [-0.25, -0.2) is 0 Å². The van der Waals surface area contributed by atoms with Crippen molar-refractivity contribution in [3.05, 3.63) is 0 Å². The van der Waals surface area contributed by atoms with Gasteiger partial charge in [-0.05, 0) is 27.2 Å². The van der Waals surface area contributed by atoms with Crippen molar-refractivity contribution in [2.24, 2.45) is 0 Å². The average Bonchev–Trinajstić information content (AvgIpc) is 2.29. The van der Waals surface area contributed by atoms with Crippen LogP contribution in [0, 0.1) is 0 Å². The summed E-state index contributed by atoms with van der Waals surface area (Å²) in [5, 5.41) is 8.50. The lowest BCUT2D eigenvalue weighted by molar-refractivity contribution is -0.125. The van der Waals surface area contributed by atoms with E-state index in [9.17, 15) is 9.59 Å². The molecule has 0 heterocycles. The first-order valence-corrected chi connectivity index (χ1v) is 6.34. The van der Waals surface area contributed by atoms with E-state index in [0.29, 0.717) is 13.1 Å². The molecule has 5 nitrogen and oxygen atoms in total. The van der Waals surface area contributed by atoms with Crippen LogP contribution in [-0.2, 0) is 9.59 Å². The smallest absolute Gasteiger partial charge is 0.236 e. The molecule has 0 saturated heterocycles. The Kier molecular flexibility index (Phi) is 8.40. The van der Waals surface area contributed by atoms with Crippen LogP contribution in [0.4, 0.5) is 0 Å². The number of nitrogens with one attached hydrogen (secondary N) is 3. The van der Waals surface area contributed by atoms with Gasteiger partial charge in [0.2, 0.25) is 11.8 Å². The normalized spacial score (nSPS) is 13.9. The van der Waals surface area contributed by atoms with Crippen LogP contribution in [-0.4, -0.2) is 37.0 Å². The Balaban J connectivity index is 3.93. The highest BCUT2D eigenvalue weighted by Gasteiger charge is 2.18. The Bertz CT molecular complexity index is 244. The maximum absolute atomic E-state index is 11.6. The van der Waals surface area contributed by atoms with Crippen molar-refractivity contribution in [2.75, 3.05) is 13.1 Å². The Morgan fingerprint density at radius 3 is 2.00 bits per heavy atom. The van der Waals surface area contributed by atoms with Gasteiger partial charge >= 0.3 is 0 Å². The number of carbonyl (C=O) groups is 2. The molecule has 0 aromatic rings. The molecule has 5 heteroatoms. The van der Waals surface area contributed by atoms with Crippen molar-refractivity contribution < 1.29 is 9.59 Å². The molecule has 3 N–H and O–H groups in total. The number of carbonyl (C=O) groups excluding carboxylic acids is 2. The minimum atomic E-state index is -0.359. The first-order valence-electron chi connectivity index (χ1n) is 6.34. The number of hydrogen-bond acceptors (Lipinski definition) is 3. The van der Waals surface area contributed by atoms with Crippen molar-refractivity contribution >= 4 is 11.8 Å². The molecule has 0 fully saturated rings. The van der Waals surface area contributed by atoms with Gasteiger partial charge in [0.15, 0.2) is 0 Å². The summed E-state index contributed by atoms with van der Waals surface area (Å²) in [4.78, 5) is 23.1. The van der Waals surface area contributed by atoms with E-state index in [1.54, 1.807) is 13.8 Å². The summed E-state index contributed by atoms with van der Waals surface area (Å²) in [7, 11) is 0. The zero-order valence-electron chi connectivity index (χ0n) is 11.3. The van der Waals surface area contributed by atoms with Crippen LogP contribution in [0.25, 0.3) is 0 Å². The fourth-order valence-electron chi connectivity index (χ4n) is 1.40. The lowest BCUT2D eigenvalue weighted by Crippen LogP contribution is -2.51. The minimum absolute atomic E-state index is 0.0606. The van der Waals surface area contributed by atoms with Gasteiger partial charge in [-0.1, -0.05) is 13.3 Å². The molecule has 100 valence electrons. The van der Waals surface area contributed by atoms with E-state index in [-0.39, 0.29) is 23.9 Å². The van der Waals surface area contributed by atoms with Crippen molar-refractivity contribution in [3.63, 3.8) is 0 Å². The Labute approximate surface area is 104 Å². The Hall–Kier alpha value is -1.10. The van der Waals surface area contributed by atoms with Crippen LogP contribution in [0.2, 0.25) is 0 Å². The molecule has 0 aliphatic carbocycles. The molecule has 0 radical (unpaired) electrons. The largest absolute Gasteiger partial charge is 0.355 e. The van der Waals surface area contributed by atoms with Gasteiger partial charge in [-0.2, -0.15) is 0 Å². The molecule has 2 amide bonds. The van der Waals surface area contributed by atoms with E-state index >= 15 is 0 Å². The van der Waals surface area contributed by atoms with Gasteiger partial charge in [0.1, 0.15) is 0 Å². The zero-order valence-corrected chi connectivity index (χ0v) is 11.3. The van der Waals surface area contributed by atoms with E-state index in [1.165, 1.54) is 0 Å². The van der Waals surface area contributed by atoms with Gasteiger partial charge in [0.05, 0.1) is 12.1 Å². The van der Waals surface area contributed by atoms with Gasteiger partial charge < -0.3 is 10.6 Å². The monoisotopic (exact) mass is 243 g/mol. The third-order valence-corrected chi connectivity index (χ3v) is 2.47. The predicted octanol–water partition coefficient (Wildman–Crippen LogP) is 0.405. The van der Waals surface area contributed by atoms with Crippen molar-refractivity contribution in [2.45, 2.75) is 52.6 Å². The number of amides is 2. The number of unbranched alkanes of at least 4 members (excludes halogenated alkanes) is 1. The molecule has 17 heavy (non-hydrogen) atoms. The van der Waals surface area contributed by atoms with Gasteiger partial charge in [-0.3, -0.25) is 14.9 Å². The molecule has 2 unspecified atom stereocenters. The van der Waals surface area contributed by atoms with E-state index in [1.807, 2.05) is 6.92 Å². The van der Waals surface area contributed by atoms with Crippen molar-refractivity contribution in [1.29, 1.82) is 0 Å². The van der Waals surface area contributed by atoms with E-state index < -0.39 is 0 Å². The third kappa shape index (κ3) is 6.94. The van der Waals surface area contributed by atoms with Crippen molar-refractivity contribution in [3.8, 4) is 0 Å². The van der Waals surface area contributed by atoms with Gasteiger partial charge in [0, 0.05) is 13.1 Å². The van der Waals surface area contributed by atoms with Crippen LogP contribution < -0.4 is 16.0 Å². The Morgan fingerprint density at radius 2 is 1.53 bits per heavy atom. The second-order valence-electron chi connectivity index (χ2n) is 4.15. The molecule has 0 aromatic carbocycles. The molecule has 0 saturated carbocycles. The quantitative estimate of drug-likeness (QED) is 0.541. The van der Waals surface area contributed by atoms with E-state index in [2.05, 4.69) is 22.9 Å². The second-order valence-corrected chi connectivity index (χ2v) is 4.15. The van der Waals surface area contributed by atoms with E-state index in [0.717, 1.165) is 12.8 Å². The molecule has 0 aliphatic heterocycles. The number of rotatable bonds is 8. The summed E-state index contributed by atoms with van der Waals surface area (Å²) < 4.78 is 0. The molecule has 0 aliphatic rings. The molecular weight excluding hydrogens is 218 g/mol. The predicted molar refractivity (Wildman–Crippen MR) is 68.7 cm³/mol. The maximum Gasteiger partial charge on any atom is 0.236 e. The SMILES string of the molecule is CCCCNC(=O)C(C)NC(C)C(=O)NCC. The topological polar surface area (TPSA) is 70.2 Å². The summed E-state index contributed by atoms with van der Waals surface area (Å²) in [5.74, 6) is -0.143. The van der Waals surface area contributed by atoms with Crippen molar-refractivity contribution in [1.82, 2.24) is 16.0 Å². The van der Waals surface area contributed by atoms with Gasteiger partial charge in [0.25, 0.3) is 0 Å². The molecule has 0 rings (SSSR count). The van der Waals surface area contributed by atoms with Crippen LogP contribution >= 0.6 is 0 Å². The standard InChI is InChI=1S/C12H25N3O2/c1-5-7-8-14-12(17)10(4)15-9(3)11(16)13-6-2/h9-10,15H,5-8H2,1-4H3,(H,13,16)(H,14,17). The lowest BCUT2D eigenvalue weighted by Gasteiger charge is -2.18. The summed E-state index contributed by atoms with van der Waals surface area (Å²) >= 11 is 0. The minimum Gasteiger partial charge on any atom is -0.355 e. The molecule has 0 spiro atoms. The summed E-state index contributed by atoms with van der Waals surface area (Å²) in [6, 6.07) is -0.716. The fraction of sp³-hybridized carbons (Fsp3) is 0.833. The second kappa shape index (κ2) is 8.98. The maximum atomic E-state index is 11.6. The van der Waals surface area contributed by atoms with Crippen LogP contribution in [0.15, 0.2) is 0 Å². The summed E-state index contributed by atoms with van der Waals surface area (Å²) in [6.45, 7) is 8.74. The first kappa shape index (κ1) is 15.9.